The maximum atomic E-state index is 12.3. The molecule has 1 aromatic heterocycles. The lowest BCUT2D eigenvalue weighted by Crippen LogP contribution is -2.46. The second kappa shape index (κ2) is 5.88. The van der Waals surface area contributed by atoms with Gasteiger partial charge in [-0.1, -0.05) is 30.3 Å². The Morgan fingerprint density at radius 3 is 3.00 bits per heavy atom. The molecule has 5 heteroatoms. The summed E-state index contributed by atoms with van der Waals surface area (Å²) >= 11 is 0. The molecule has 5 nitrogen and oxygen atoms in total. The van der Waals surface area contributed by atoms with Gasteiger partial charge < -0.3 is 9.64 Å². The monoisotopic (exact) mass is 271 g/mol. The van der Waals surface area contributed by atoms with Crippen LogP contribution in [0.15, 0.2) is 42.7 Å². The topological polar surface area (TPSA) is 58.2 Å². The van der Waals surface area contributed by atoms with Crippen LogP contribution < -0.4 is 0 Å². The molecule has 1 saturated heterocycles. The summed E-state index contributed by atoms with van der Waals surface area (Å²) in [5.74, 6) is 0.0140. The second-order valence-electron chi connectivity index (χ2n) is 4.92. The predicted molar refractivity (Wildman–Crippen MR) is 74.4 cm³/mol. The molecule has 0 spiro atoms. The van der Waals surface area contributed by atoms with E-state index in [1.165, 1.54) is 5.56 Å². The molecule has 20 heavy (non-hydrogen) atoms. The number of benzene rings is 1. The van der Waals surface area contributed by atoms with Gasteiger partial charge in [-0.2, -0.15) is 5.10 Å². The van der Waals surface area contributed by atoms with Gasteiger partial charge in [0.05, 0.1) is 24.5 Å². The summed E-state index contributed by atoms with van der Waals surface area (Å²) in [4.78, 5) is 14.1. The van der Waals surface area contributed by atoms with Gasteiger partial charge in [0, 0.05) is 25.7 Å². The SMILES string of the molecule is O=C(c1cn[nH]c1)N1CCOC(Cc2ccccc2)C1. The Morgan fingerprint density at radius 1 is 1.40 bits per heavy atom. The van der Waals surface area contributed by atoms with Gasteiger partial charge in [0.1, 0.15) is 0 Å². The first-order valence-electron chi connectivity index (χ1n) is 6.76. The van der Waals surface area contributed by atoms with Gasteiger partial charge in [-0.15, -0.1) is 0 Å². The largest absolute Gasteiger partial charge is 0.374 e. The molecular formula is C15H17N3O2. The normalized spacial score (nSPS) is 19.0. The Balaban J connectivity index is 1.63. The van der Waals surface area contributed by atoms with Crippen LogP contribution in [0.2, 0.25) is 0 Å². The van der Waals surface area contributed by atoms with E-state index in [1.807, 2.05) is 23.1 Å². The fourth-order valence-corrected chi connectivity index (χ4v) is 2.45. The predicted octanol–water partition coefficient (Wildman–Crippen LogP) is 1.49. The molecule has 1 aromatic carbocycles. The third-order valence-corrected chi connectivity index (χ3v) is 3.48. The van der Waals surface area contributed by atoms with Crippen LogP contribution in [-0.2, 0) is 11.2 Å². The zero-order valence-corrected chi connectivity index (χ0v) is 11.2. The number of hydrogen-bond acceptors (Lipinski definition) is 3. The maximum absolute atomic E-state index is 12.3. The van der Waals surface area contributed by atoms with Gasteiger partial charge in [0.2, 0.25) is 0 Å². The smallest absolute Gasteiger partial charge is 0.257 e. The van der Waals surface area contributed by atoms with Gasteiger partial charge in [-0.3, -0.25) is 9.89 Å². The Morgan fingerprint density at radius 2 is 2.25 bits per heavy atom. The summed E-state index contributed by atoms with van der Waals surface area (Å²) in [6.45, 7) is 1.84. The van der Waals surface area contributed by atoms with E-state index in [0.717, 1.165) is 6.42 Å². The van der Waals surface area contributed by atoms with Crippen molar-refractivity contribution in [2.45, 2.75) is 12.5 Å². The first-order valence-corrected chi connectivity index (χ1v) is 6.76. The molecule has 1 N–H and O–H groups in total. The van der Waals surface area contributed by atoms with Crippen LogP contribution in [0.1, 0.15) is 15.9 Å². The van der Waals surface area contributed by atoms with Crippen molar-refractivity contribution in [3.63, 3.8) is 0 Å². The van der Waals surface area contributed by atoms with Gasteiger partial charge >= 0.3 is 0 Å². The molecule has 1 fully saturated rings. The number of aromatic nitrogens is 2. The zero-order chi connectivity index (χ0) is 13.8. The van der Waals surface area contributed by atoms with E-state index in [-0.39, 0.29) is 12.0 Å². The third kappa shape index (κ3) is 2.88. The number of carbonyl (C=O) groups excluding carboxylic acids is 1. The van der Waals surface area contributed by atoms with Crippen molar-refractivity contribution < 1.29 is 9.53 Å². The number of hydrogen-bond donors (Lipinski definition) is 1. The number of H-pyrrole nitrogens is 1. The van der Waals surface area contributed by atoms with Crippen LogP contribution in [0.25, 0.3) is 0 Å². The Kier molecular flexibility index (Phi) is 3.78. The van der Waals surface area contributed by atoms with Crippen LogP contribution in [0.5, 0.6) is 0 Å². The van der Waals surface area contributed by atoms with E-state index in [0.29, 0.717) is 25.3 Å². The maximum Gasteiger partial charge on any atom is 0.257 e. The molecule has 1 atom stereocenters. The van der Waals surface area contributed by atoms with Gasteiger partial charge in [0.25, 0.3) is 5.91 Å². The molecular weight excluding hydrogens is 254 g/mol. The standard InChI is InChI=1S/C15H17N3O2/c19-15(13-9-16-17-10-13)18-6-7-20-14(11-18)8-12-4-2-1-3-5-12/h1-5,9-10,14H,6-8,11H2,(H,16,17). The summed E-state index contributed by atoms with van der Waals surface area (Å²) in [6, 6.07) is 10.2. The minimum Gasteiger partial charge on any atom is -0.374 e. The van der Waals surface area contributed by atoms with Crippen molar-refractivity contribution in [2.24, 2.45) is 0 Å². The first-order chi connectivity index (χ1) is 9.83. The highest BCUT2D eigenvalue weighted by atomic mass is 16.5. The van der Waals surface area contributed by atoms with Crippen molar-refractivity contribution in [3.8, 4) is 0 Å². The summed E-state index contributed by atoms with van der Waals surface area (Å²) in [5, 5.41) is 6.49. The zero-order valence-electron chi connectivity index (χ0n) is 11.2. The average Bonchev–Trinajstić information content (AvgIpc) is 3.02. The van der Waals surface area contributed by atoms with Crippen molar-refractivity contribution in [3.05, 3.63) is 53.9 Å². The first kappa shape index (κ1) is 12.9. The quantitative estimate of drug-likeness (QED) is 0.920. The fourth-order valence-electron chi connectivity index (χ4n) is 2.45. The molecule has 3 rings (SSSR count). The van der Waals surface area contributed by atoms with Crippen molar-refractivity contribution >= 4 is 5.91 Å². The van der Waals surface area contributed by atoms with E-state index in [2.05, 4.69) is 22.3 Å². The van der Waals surface area contributed by atoms with Gasteiger partial charge in [-0.25, -0.2) is 0 Å². The van der Waals surface area contributed by atoms with E-state index in [1.54, 1.807) is 12.4 Å². The second-order valence-corrected chi connectivity index (χ2v) is 4.92. The number of ether oxygens (including phenoxy) is 1. The molecule has 1 amide bonds. The molecule has 1 aliphatic heterocycles. The highest BCUT2D eigenvalue weighted by molar-refractivity contribution is 5.93. The lowest BCUT2D eigenvalue weighted by molar-refractivity contribution is -0.0208. The Hall–Kier alpha value is -2.14. The lowest BCUT2D eigenvalue weighted by atomic mass is 10.1. The molecule has 0 saturated carbocycles. The van der Waals surface area contributed by atoms with E-state index in [4.69, 9.17) is 4.74 Å². The van der Waals surface area contributed by atoms with Crippen molar-refractivity contribution in [1.29, 1.82) is 0 Å². The number of aromatic amines is 1. The highest BCUT2D eigenvalue weighted by Gasteiger charge is 2.25. The summed E-state index contributed by atoms with van der Waals surface area (Å²) < 4.78 is 5.76. The number of morpholine rings is 1. The van der Waals surface area contributed by atoms with Crippen LogP contribution in [-0.4, -0.2) is 46.8 Å². The molecule has 2 heterocycles. The summed E-state index contributed by atoms with van der Waals surface area (Å²) in [6.07, 6.45) is 4.08. The molecule has 2 aromatic rings. The molecule has 0 bridgehead atoms. The number of carbonyl (C=O) groups is 1. The average molecular weight is 271 g/mol. The van der Waals surface area contributed by atoms with Gasteiger partial charge in [0.15, 0.2) is 0 Å². The number of nitrogens with one attached hydrogen (secondary N) is 1. The minimum absolute atomic E-state index is 0.0140. The number of rotatable bonds is 3. The van der Waals surface area contributed by atoms with Crippen LogP contribution >= 0.6 is 0 Å². The number of amides is 1. The van der Waals surface area contributed by atoms with Crippen molar-refractivity contribution in [2.75, 3.05) is 19.7 Å². The van der Waals surface area contributed by atoms with E-state index >= 15 is 0 Å². The van der Waals surface area contributed by atoms with E-state index < -0.39 is 0 Å². The summed E-state index contributed by atoms with van der Waals surface area (Å²) in [7, 11) is 0. The third-order valence-electron chi connectivity index (χ3n) is 3.48. The molecule has 0 aliphatic carbocycles. The van der Waals surface area contributed by atoms with Gasteiger partial charge in [-0.05, 0) is 5.56 Å². The van der Waals surface area contributed by atoms with E-state index in [9.17, 15) is 4.79 Å². The Labute approximate surface area is 117 Å². The molecule has 104 valence electrons. The molecule has 0 radical (unpaired) electrons. The molecule has 1 aliphatic rings. The van der Waals surface area contributed by atoms with Crippen LogP contribution in [0.4, 0.5) is 0 Å². The summed E-state index contributed by atoms with van der Waals surface area (Å²) in [5.41, 5.74) is 1.83. The molecule has 1 unspecified atom stereocenters. The van der Waals surface area contributed by atoms with Crippen LogP contribution in [0.3, 0.4) is 0 Å². The number of nitrogens with zero attached hydrogens (tertiary/aromatic N) is 2. The lowest BCUT2D eigenvalue weighted by Gasteiger charge is -2.32. The van der Waals surface area contributed by atoms with Crippen molar-refractivity contribution in [1.82, 2.24) is 15.1 Å². The Bertz CT molecular complexity index is 554. The minimum atomic E-state index is 0.0140. The fraction of sp³-hybridized carbons (Fsp3) is 0.333. The van der Waals surface area contributed by atoms with Crippen LogP contribution in [0, 0.1) is 0 Å². The highest BCUT2D eigenvalue weighted by Crippen LogP contribution is 2.13.